The molecule has 0 aromatic heterocycles. The van der Waals surface area contributed by atoms with Gasteiger partial charge in [0.15, 0.2) is 0 Å². The second-order valence-corrected chi connectivity index (χ2v) is 6.80. The number of para-hydroxylation sites is 1. The van der Waals surface area contributed by atoms with Gasteiger partial charge in [0.2, 0.25) is 5.91 Å². The number of halogens is 3. The van der Waals surface area contributed by atoms with Crippen molar-refractivity contribution in [2.45, 2.75) is 31.8 Å². The number of ether oxygens (including phenoxy) is 1. The van der Waals surface area contributed by atoms with Gasteiger partial charge in [0.05, 0.1) is 0 Å². The van der Waals surface area contributed by atoms with E-state index in [1.165, 1.54) is 6.07 Å². The standard InChI is InChI=1S/C20H20F2N2O2.ClH/c21-20(22)26-18-9-2-1-5-12(18)14-11-15(14)19(25)24-10-4-6-13-16(23)7-3-8-17(13)24;/h1-3,5,7-9,14-15,20H,4,6,10-11,23H2;1H. The fourth-order valence-corrected chi connectivity index (χ4v) is 3.88. The predicted octanol–water partition coefficient (Wildman–Crippen LogP) is 4.37. The molecule has 4 nitrogen and oxygen atoms in total. The number of anilines is 2. The van der Waals surface area contributed by atoms with E-state index in [0.717, 1.165) is 24.1 Å². The molecule has 2 aliphatic rings. The third kappa shape index (κ3) is 3.72. The summed E-state index contributed by atoms with van der Waals surface area (Å²) in [5.41, 5.74) is 9.34. The SMILES string of the molecule is Cl.Nc1cccc2c1CCCN2C(=O)C1CC1c1ccccc1OC(F)F. The molecule has 1 heterocycles. The number of carbonyl (C=O) groups excluding carboxylic acids is 1. The van der Waals surface area contributed by atoms with Crippen molar-refractivity contribution in [3.05, 3.63) is 53.6 Å². The van der Waals surface area contributed by atoms with Gasteiger partial charge in [-0.15, -0.1) is 12.4 Å². The molecule has 0 spiro atoms. The molecule has 2 aromatic carbocycles. The molecule has 2 atom stereocenters. The highest BCUT2D eigenvalue weighted by molar-refractivity contribution is 5.99. The van der Waals surface area contributed by atoms with Crippen LogP contribution >= 0.6 is 12.4 Å². The Morgan fingerprint density at radius 1 is 1.19 bits per heavy atom. The van der Waals surface area contributed by atoms with E-state index in [0.29, 0.717) is 24.2 Å². The van der Waals surface area contributed by atoms with Gasteiger partial charge in [0, 0.05) is 23.8 Å². The Bertz CT molecular complexity index is 846. The minimum Gasteiger partial charge on any atom is -0.435 e. The first-order valence-electron chi connectivity index (χ1n) is 8.78. The smallest absolute Gasteiger partial charge is 0.387 e. The molecule has 4 rings (SSSR count). The Labute approximate surface area is 162 Å². The van der Waals surface area contributed by atoms with Crippen molar-refractivity contribution in [1.29, 1.82) is 0 Å². The summed E-state index contributed by atoms with van der Waals surface area (Å²) in [7, 11) is 0. The van der Waals surface area contributed by atoms with Crippen LogP contribution in [0.3, 0.4) is 0 Å². The summed E-state index contributed by atoms with van der Waals surface area (Å²) in [5, 5.41) is 0. The molecule has 1 amide bonds. The van der Waals surface area contributed by atoms with Crippen molar-refractivity contribution in [3.8, 4) is 5.75 Å². The number of fused-ring (bicyclic) bond motifs is 1. The maximum Gasteiger partial charge on any atom is 0.387 e. The van der Waals surface area contributed by atoms with Gasteiger partial charge in [-0.05, 0) is 54.5 Å². The van der Waals surface area contributed by atoms with E-state index in [1.54, 1.807) is 23.1 Å². The van der Waals surface area contributed by atoms with E-state index in [1.807, 2.05) is 18.2 Å². The Balaban J connectivity index is 0.00000210. The van der Waals surface area contributed by atoms with Gasteiger partial charge in [0.25, 0.3) is 0 Å². The van der Waals surface area contributed by atoms with E-state index < -0.39 is 6.61 Å². The first-order chi connectivity index (χ1) is 12.6. The van der Waals surface area contributed by atoms with Crippen LogP contribution in [-0.2, 0) is 11.2 Å². The maximum atomic E-state index is 13.0. The van der Waals surface area contributed by atoms with E-state index in [4.69, 9.17) is 5.73 Å². The Hall–Kier alpha value is -2.34. The first kappa shape index (κ1) is 19.4. The van der Waals surface area contributed by atoms with Crippen LogP contribution in [0.15, 0.2) is 42.5 Å². The molecule has 144 valence electrons. The lowest BCUT2D eigenvalue weighted by Crippen LogP contribution is -2.37. The van der Waals surface area contributed by atoms with E-state index in [2.05, 4.69) is 4.74 Å². The van der Waals surface area contributed by atoms with Crippen molar-refractivity contribution in [2.75, 3.05) is 17.2 Å². The topological polar surface area (TPSA) is 55.6 Å². The van der Waals surface area contributed by atoms with Gasteiger partial charge < -0.3 is 15.4 Å². The quantitative estimate of drug-likeness (QED) is 0.783. The van der Waals surface area contributed by atoms with Crippen LogP contribution in [0.1, 0.15) is 29.9 Å². The Morgan fingerprint density at radius 2 is 1.96 bits per heavy atom. The van der Waals surface area contributed by atoms with E-state index >= 15 is 0 Å². The number of hydrogen-bond acceptors (Lipinski definition) is 3. The molecule has 2 N–H and O–H groups in total. The molecule has 1 saturated carbocycles. The summed E-state index contributed by atoms with van der Waals surface area (Å²) in [6.45, 7) is -2.21. The number of nitrogens with two attached hydrogens (primary N) is 1. The van der Waals surface area contributed by atoms with Crippen LogP contribution in [0, 0.1) is 5.92 Å². The second kappa shape index (κ2) is 7.72. The molecule has 0 bridgehead atoms. The first-order valence-corrected chi connectivity index (χ1v) is 8.78. The van der Waals surface area contributed by atoms with Gasteiger partial charge in [-0.3, -0.25) is 4.79 Å². The number of carbonyl (C=O) groups is 1. The maximum absolute atomic E-state index is 13.0. The number of rotatable bonds is 4. The zero-order valence-electron chi connectivity index (χ0n) is 14.6. The average molecular weight is 395 g/mol. The van der Waals surface area contributed by atoms with Crippen molar-refractivity contribution < 1.29 is 18.3 Å². The molecule has 0 radical (unpaired) electrons. The van der Waals surface area contributed by atoms with Gasteiger partial charge in [-0.25, -0.2) is 0 Å². The van der Waals surface area contributed by atoms with Crippen molar-refractivity contribution in [2.24, 2.45) is 5.92 Å². The largest absolute Gasteiger partial charge is 0.435 e. The summed E-state index contributed by atoms with van der Waals surface area (Å²) < 4.78 is 29.9. The number of nitrogens with zero attached hydrogens (tertiary/aromatic N) is 1. The fourth-order valence-electron chi connectivity index (χ4n) is 3.88. The van der Waals surface area contributed by atoms with Crippen LogP contribution in [-0.4, -0.2) is 19.1 Å². The van der Waals surface area contributed by atoms with Crippen molar-refractivity contribution in [3.63, 3.8) is 0 Å². The number of alkyl halides is 2. The number of hydrogen-bond donors (Lipinski definition) is 1. The van der Waals surface area contributed by atoms with Crippen LogP contribution in [0.4, 0.5) is 20.2 Å². The lowest BCUT2D eigenvalue weighted by Gasteiger charge is -2.30. The molecule has 1 fully saturated rings. The molecule has 2 unspecified atom stereocenters. The summed E-state index contributed by atoms with van der Waals surface area (Å²) in [6, 6.07) is 12.4. The van der Waals surface area contributed by atoms with Gasteiger partial charge in [0.1, 0.15) is 5.75 Å². The minimum atomic E-state index is -2.87. The zero-order valence-corrected chi connectivity index (χ0v) is 15.4. The van der Waals surface area contributed by atoms with Gasteiger partial charge in [-0.2, -0.15) is 8.78 Å². The third-order valence-corrected chi connectivity index (χ3v) is 5.20. The highest BCUT2D eigenvalue weighted by Gasteiger charge is 2.47. The lowest BCUT2D eigenvalue weighted by molar-refractivity contribution is -0.120. The molecule has 27 heavy (non-hydrogen) atoms. The summed E-state index contributed by atoms with van der Waals surface area (Å²) in [4.78, 5) is 14.8. The molecule has 1 aliphatic heterocycles. The number of nitrogen functional groups attached to an aromatic ring is 1. The monoisotopic (exact) mass is 394 g/mol. The highest BCUT2D eigenvalue weighted by Crippen LogP contribution is 2.52. The zero-order chi connectivity index (χ0) is 18.3. The Morgan fingerprint density at radius 3 is 2.74 bits per heavy atom. The molecule has 0 saturated heterocycles. The summed E-state index contributed by atoms with van der Waals surface area (Å²) in [5.74, 6) is -0.0897. The minimum absolute atomic E-state index is 0. The normalized spacial score (nSPS) is 20.6. The number of amides is 1. The molecule has 1 aliphatic carbocycles. The van der Waals surface area contributed by atoms with Crippen LogP contribution < -0.4 is 15.4 Å². The van der Waals surface area contributed by atoms with Crippen molar-refractivity contribution >= 4 is 29.7 Å². The van der Waals surface area contributed by atoms with E-state index in [9.17, 15) is 13.6 Å². The number of benzene rings is 2. The third-order valence-electron chi connectivity index (χ3n) is 5.20. The van der Waals surface area contributed by atoms with Crippen LogP contribution in [0.2, 0.25) is 0 Å². The highest BCUT2D eigenvalue weighted by atomic mass is 35.5. The predicted molar refractivity (Wildman–Crippen MR) is 103 cm³/mol. The second-order valence-electron chi connectivity index (χ2n) is 6.80. The van der Waals surface area contributed by atoms with Crippen LogP contribution in [0.5, 0.6) is 5.75 Å². The molecule has 7 heteroatoms. The van der Waals surface area contributed by atoms with Crippen LogP contribution in [0.25, 0.3) is 0 Å². The molecular formula is C20H21ClF2N2O2. The van der Waals surface area contributed by atoms with Gasteiger partial charge in [-0.1, -0.05) is 24.3 Å². The average Bonchev–Trinajstić information content (AvgIpc) is 3.42. The summed E-state index contributed by atoms with van der Waals surface area (Å²) >= 11 is 0. The van der Waals surface area contributed by atoms with Crippen molar-refractivity contribution in [1.82, 2.24) is 0 Å². The Kier molecular flexibility index (Phi) is 5.56. The lowest BCUT2D eigenvalue weighted by atomic mass is 9.99. The molecular weight excluding hydrogens is 374 g/mol. The van der Waals surface area contributed by atoms with E-state index in [-0.39, 0.29) is 35.9 Å². The van der Waals surface area contributed by atoms with Gasteiger partial charge >= 0.3 is 6.61 Å². The molecule has 2 aromatic rings. The fraction of sp³-hybridized carbons (Fsp3) is 0.350. The summed E-state index contributed by atoms with van der Waals surface area (Å²) in [6.07, 6.45) is 2.39.